The zero-order valence-corrected chi connectivity index (χ0v) is 33.4. The third-order valence-corrected chi connectivity index (χ3v) is 15.3. The van der Waals surface area contributed by atoms with E-state index in [1.807, 2.05) is 20.8 Å². The summed E-state index contributed by atoms with van der Waals surface area (Å²) < 4.78 is 25.7. The van der Waals surface area contributed by atoms with Crippen LogP contribution >= 0.6 is 0 Å². The molecule has 51 heavy (non-hydrogen) atoms. The number of urea groups is 1. The van der Waals surface area contributed by atoms with Crippen molar-refractivity contribution in [1.29, 1.82) is 0 Å². The smallest absolute Gasteiger partial charge is 0.315 e. The molecule has 288 valence electrons. The number of hydrogen-bond donors (Lipinski definition) is 2. The largest absolute Gasteiger partial charge is 0.332 e. The highest BCUT2D eigenvalue weighted by atomic mass is 32.2. The lowest BCUT2D eigenvalue weighted by molar-refractivity contribution is -0.145. The van der Waals surface area contributed by atoms with Gasteiger partial charge in [-0.2, -0.15) is 0 Å². The Morgan fingerprint density at radius 1 is 0.961 bits per heavy atom. The molecule has 0 aromatic heterocycles. The minimum absolute atomic E-state index is 0.0701. The highest BCUT2D eigenvalue weighted by molar-refractivity contribution is 7.92. The molecule has 1 saturated heterocycles. The Kier molecular flexibility index (Phi) is 12.5. The summed E-state index contributed by atoms with van der Waals surface area (Å²) in [7, 11) is -3.55. The van der Waals surface area contributed by atoms with Crippen LogP contribution < -0.4 is 10.6 Å². The number of piperidine rings is 1. The zero-order valence-electron chi connectivity index (χ0n) is 32.6. The SMILES string of the molecule is C=CCCCC(=O)C(=O)C(CC(=O)[C@@H]1[C@@H]2[C@H](CN1C(=O)[C@@H](NC(=O)NC1(CS(=O)(=O)C(C)(C)C)CCCCC1)C(C)(C)C)C2(C)C)CC1CCC1. The monoisotopic (exact) mass is 731 g/mol. The van der Waals surface area contributed by atoms with E-state index < -0.39 is 61.1 Å². The maximum atomic E-state index is 14.6. The molecule has 0 bridgehead atoms. The standard InChI is InChI=1S/C40H65N3O7S/c1-10-11-13-19-29(44)33(46)27(22-26-17-16-18-26)23-30(45)32-31-28(39(31,8)9)24-43(32)35(47)34(37(2,3)4)41-36(48)42-40(20-14-12-15-21-40)25-51(49,50)38(5,6)7/h10,26-28,31-32,34H,1,11-25H2,2-9H3,(H2,41,42,48)/t27?,28-,31-,32+,34+/m0/s1. The first-order valence-electron chi connectivity index (χ1n) is 19.4. The number of likely N-dealkylation sites (tertiary alicyclic amines) is 1. The molecule has 3 aliphatic carbocycles. The summed E-state index contributed by atoms with van der Waals surface area (Å²) >= 11 is 0. The van der Waals surface area contributed by atoms with Crippen LogP contribution in [0.15, 0.2) is 12.7 Å². The molecule has 1 heterocycles. The molecule has 10 nitrogen and oxygen atoms in total. The molecule has 4 rings (SSSR count). The number of rotatable bonds is 16. The topological polar surface area (TPSA) is 147 Å². The Morgan fingerprint density at radius 2 is 1.59 bits per heavy atom. The Balaban J connectivity index is 1.55. The minimum Gasteiger partial charge on any atom is -0.332 e. The van der Waals surface area contributed by atoms with Gasteiger partial charge in [0.15, 0.2) is 21.4 Å². The van der Waals surface area contributed by atoms with Crippen molar-refractivity contribution in [2.24, 2.45) is 34.5 Å². The molecule has 4 fully saturated rings. The lowest BCUT2D eigenvalue weighted by Crippen LogP contribution is -2.63. The molecule has 0 spiro atoms. The maximum absolute atomic E-state index is 14.6. The lowest BCUT2D eigenvalue weighted by Gasteiger charge is -2.41. The zero-order chi connectivity index (χ0) is 38.2. The fourth-order valence-corrected chi connectivity index (χ4v) is 10.3. The number of carbonyl (C=O) groups is 5. The van der Waals surface area contributed by atoms with Crippen molar-refractivity contribution < 1.29 is 32.4 Å². The average Bonchev–Trinajstić information content (AvgIpc) is 3.30. The number of nitrogens with zero attached hydrogens (tertiary/aromatic N) is 1. The second-order valence-electron chi connectivity index (χ2n) is 18.9. The van der Waals surface area contributed by atoms with Gasteiger partial charge in [-0.3, -0.25) is 19.2 Å². The van der Waals surface area contributed by atoms with E-state index in [9.17, 15) is 32.4 Å². The van der Waals surface area contributed by atoms with Crippen LogP contribution in [0.5, 0.6) is 0 Å². The number of ketones is 3. The molecule has 2 N–H and O–H groups in total. The van der Waals surface area contributed by atoms with Crippen LogP contribution in [0.2, 0.25) is 0 Å². The first-order valence-corrected chi connectivity index (χ1v) is 21.0. The van der Waals surface area contributed by atoms with Gasteiger partial charge in [-0.1, -0.05) is 79.2 Å². The number of unbranched alkanes of at least 4 members (excludes halogenated alkanes) is 1. The van der Waals surface area contributed by atoms with Crippen molar-refractivity contribution in [1.82, 2.24) is 15.5 Å². The van der Waals surface area contributed by atoms with Gasteiger partial charge in [-0.25, -0.2) is 13.2 Å². The van der Waals surface area contributed by atoms with Crippen LogP contribution in [0.3, 0.4) is 0 Å². The Morgan fingerprint density at radius 3 is 2.12 bits per heavy atom. The van der Waals surface area contributed by atoms with Crippen molar-refractivity contribution in [3.05, 3.63) is 12.7 Å². The molecule has 1 aliphatic heterocycles. The average molecular weight is 732 g/mol. The predicted octanol–water partition coefficient (Wildman–Crippen LogP) is 6.36. The van der Waals surface area contributed by atoms with Crippen molar-refractivity contribution in [3.8, 4) is 0 Å². The first kappa shape index (κ1) is 41.2. The number of fused-ring (bicyclic) bond motifs is 1. The second-order valence-corrected chi connectivity index (χ2v) is 21.6. The normalized spacial score (nSPS) is 25.5. The summed E-state index contributed by atoms with van der Waals surface area (Å²) in [6.45, 7) is 18.9. The number of carbonyl (C=O) groups excluding carboxylic acids is 5. The number of nitrogens with one attached hydrogen (secondary N) is 2. The third kappa shape index (κ3) is 9.33. The van der Waals surface area contributed by atoms with Gasteiger partial charge in [0.05, 0.1) is 22.1 Å². The quantitative estimate of drug-likeness (QED) is 0.107. The summed E-state index contributed by atoms with van der Waals surface area (Å²) in [4.78, 5) is 70.8. The van der Waals surface area contributed by atoms with Gasteiger partial charge < -0.3 is 15.5 Å². The molecular weight excluding hydrogens is 667 g/mol. The molecule has 11 heteroatoms. The van der Waals surface area contributed by atoms with E-state index in [4.69, 9.17) is 0 Å². The van der Waals surface area contributed by atoms with E-state index in [1.165, 1.54) is 0 Å². The Hall–Kier alpha value is -2.56. The van der Waals surface area contributed by atoms with Gasteiger partial charge in [-0.05, 0) is 81.5 Å². The number of Topliss-reactive ketones (excluding diaryl/α,β-unsaturated/α-hetero) is 3. The van der Waals surface area contributed by atoms with Crippen LogP contribution in [0.1, 0.15) is 139 Å². The minimum atomic E-state index is -3.55. The highest BCUT2D eigenvalue weighted by Gasteiger charge is 2.69. The van der Waals surface area contributed by atoms with Crippen LogP contribution in [-0.4, -0.2) is 77.3 Å². The fourth-order valence-electron chi connectivity index (χ4n) is 8.75. The molecule has 0 aromatic carbocycles. The summed E-state index contributed by atoms with van der Waals surface area (Å²) in [6, 6.07) is -2.34. The summed E-state index contributed by atoms with van der Waals surface area (Å²) in [5, 5.41) is 5.95. The highest BCUT2D eigenvalue weighted by Crippen LogP contribution is 2.65. The summed E-state index contributed by atoms with van der Waals surface area (Å²) in [6.07, 6.45) is 10.1. The van der Waals surface area contributed by atoms with Crippen LogP contribution in [0, 0.1) is 34.5 Å². The Bertz CT molecular complexity index is 1460. The lowest BCUT2D eigenvalue weighted by atomic mass is 9.75. The first-order chi connectivity index (χ1) is 23.5. The van der Waals surface area contributed by atoms with E-state index in [0.29, 0.717) is 44.6 Å². The van der Waals surface area contributed by atoms with Gasteiger partial charge in [0.25, 0.3) is 0 Å². The van der Waals surface area contributed by atoms with Gasteiger partial charge in [0.2, 0.25) is 11.7 Å². The molecule has 0 aromatic rings. The van der Waals surface area contributed by atoms with E-state index >= 15 is 0 Å². The van der Waals surface area contributed by atoms with Crippen LogP contribution in [0.25, 0.3) is 0 Å². The number of sulfone groups is 1. The Labute approximate surface area is 307 Å². The number of allylic oxidation sites excluding steroid dienone is 1. The van der Waals surface area contributed by atoms with E-state index in [1.54, 1.807) is 31.7 Å². The van der Waals surface area contributed by atoms with Gasteiger partial charge in [0, 0.05) is 25.3 Å². The van der Waals surface area contributed by atoms with Crippen molar-refractivity contribution >= 4 is 39.1 Å². The van der Waals surface area contributed by atoms with Gasteiger partial charge in [0.1, 0.15) is 6.04 Å². The molecular formula is C40H65N3O7S. The van der Waals surface area contributed by atoms with Crippen molar-refractivity contribution in [2.45, 2.75) is 161 Å². The maximum Gasteiger partial charge on any atom is 0.315 e. The van der Waals surface area contributed by atoms with Crippen LogP contribution in [-0.2, 0) is 29.0 Å². The third-order valence-electron chi connectivity index (χ3n) is 12.5. The van der Waals surface area contributed by atoms with Gasteiger partial charge in [-0.15, -0.1) is 6.58 Å². The molecule has 3 amide bonds. The van der Waals surface area contributed by atoms with Gasteiger partial charge >= 0.3 is 6.03 Å². The fraction of sp³-hybridized carbons (Fsp3) is 0.825. The second kappa shape index (κ2) is 15.4. The van der Waals surface area contributed by atoms with E-state index in [0.717, 1.165) is 38.5 Å². The van der Waals surface area contributed by atoms with Crippen molar-refractivity contribution in [2.75, 3.05) is 12.3 Å². The molecule has 5 atom stereocenters. The summed E-state index contributed by atoms with van der Waals surface area (Å²) in [5.41, 5.74) is -1.83. The number of hydrogen-bond acceptors (Lipinski definition) is 7. The molecule has 1 unspecified atom stereocenters. The molecule has 3 saturated carbocycles. The van der Waals surface area contributed by atoms with E-state index in [2.05, 4.69) is 31.1 Å². The van der Waals surface area contributed by atoms with Crippen LogP contribution in [0.4, 0.5) is 4.79 Å². The predicted molar refractivity (Wildman–Crippen MR) is 200 cm³/mol. The molecule has 4 aliphatic rings. The van der Waals surface area contributed by atoms with E-state index in [-0.39, 0.29) is 47.5 Å². The van der Waals surface area contributed by atoms with Crippen molar-refractivity contribution in [3.63, 3.8) is 0 Å². The number of amides is 3. The summed E-state index contributed by atoms with van der Waals surface area (Å²) in [5.74, 6) is -1.98. The molecule has 0 radical (unpaired) electrons.